The lowest BCUT2D eigenvalue weighted by atomic mass is 9.78. The molecule has 2 heterocycles. The zero-order valence-electron chi connectivity index (χ0n) is 11.3. The molecule has 2 aromatic rings. The Morgan fingerprint density at radius 3 is 2.55 bits per heavy atom. The maximum atomic E-state index is 10.9. The molecular weight excluding hydrogens is 314 g/mol. The predicted molar refractivity (Wildman–Crippen MR) is 76.9 cm³/mol. The molecule has 7 nitrogen and oxygen atoms in total. The number of aliphatic hydroxyl groups is 5. The summed E-state index contributed by atoms with van der Waals surface area (Å²) >= 11 is 5.53. The maximum absolute atomic E-state index is 10.9. The molecule has 22 heavy (non-hydrogen) atoms. The summed E-state index contributed by atoms with van der Waals surface area (Å²) in [7, 11) is 0. The van der Waals surface area contributed by atoms with Crippen LogP contribution in [0.25, 0.3) is 10.9 Å². The number of nitrogens with one attached hydrogen (secondary N) is 1. The van der Waals surface area contributed by atoms with Gasteiger partial charge in [0.25, 0.3) is 0 Å². The molecule has 0 radical (unpaired) electrons. The van der Waals surface area contributed by atoms with Crippen molar-refractivity contribution in [2.75, 3.05) is 0 Å². The Morgan fingerprint density at radius 1 is 1.18 bits per heavy atom. The summed E-state index contributed by atoms with van der Waals surface area (Å²) < 4.78 is 4.88. The van der Waals surface area contributed by atoms with Crippen molar-refractivity contribution < 1.29 is 30.3 Å². The highest BCUT2D eigenvalue weighted by Crippen LogP contribution is 2.41. The van der Waals surface area contributed by atoms with Gasteiger partial charge < -0.3 is 35.3 Å². The number of aromatic amines is 1. The lowest BCUT2D eigenvalue weighted by Crippen LogP contribution is -2.66. The normalized spacial score (nSPS) is 37.4. The van der Waals surface area contributed by atoms with Gasteiger partial charge in [0.05, 0.1) is 0 Å². The highest BCUT2D eigenvalue weighted by atomic mass is 35.5. The van der Waals surface area contributed by atoms with E-state index >= 15 is 0 Å². The first-order valence-electron chi connectivity index (χ1n) is 6.68. The quantitative estimate of drug-likeness (QED) is 0.407. The van der Waals surface area contributed by atoms with Crippen LogP contribution in [0.5, 0.6) is 0 Å². The Labute approximate surface area is 130 Å². The number of alkyl halides is 1. The van der Waals surface area contributed by atoms with E-state index < -0.39 is 35.8 Å². The molecule has 8 heteroatoms. The van der Waals surface area contributed by atoms with Crippen LogP contribution in [0.15, 0.2) is 30.5 Å². The number of H-pyrrole nitrogens is 1. The third-order valence-electron chi connectivity index (χ3n) is 4.07. The van der Waals surface area contributed by atoms with Crippen LogP contribution in [0.4, 0.5) is 0 Å². The van der Waals surface area contributed by atoms with E-state index in [1.807, 2.05) is 0 Å². The zero-order chi connectivity index (χ0) is 16.1. The molecular formula is C14H16ClNO6. The van der Waals surface area contributed by atoms with Gasteiger partial charge in [-0.25, -0.2) is 0 Å². The monoisotopic (exact) mass is 329 g/mol. The molecule has 1 fully saturated rings. The smallest absolute Gasteiger partial charge is 0.184 e. The summed E-state index contributed by atoms with van der Waals surface area (Å²) in [5.41, 5.74) is -3.09. The van der Waals surface area contributed by atoms with Crippen molar-refractivity contribution in [3.63, 3.8) is 0 Å². The molecule has 0 aliphatic carbocycles. The molecule has 0 bridgehead atoms. The van der Waals surface area contributed by atoms with E-state index in [1.165, 1.54) is 6.20 Å². The fourth-order valence-electron chi connectivity index (χ4n) is 2.89. The van der Waals surface area contributed by atoms with E-state index in [1.54, 1.807) is 24.3 Å². The second kappa shape index (κ2) is 5.47. The highest BCUT2D eigenvalue weighted by molar-refractivity contribution is 6.19. The third-order valence-corrected chi connectivity index (χ3v) is 4.32. The number of fused-ring (bicyclic) bond motifs is 1. The third kappa shape index (κ3) is 2.14. The molecule has 0 amide bonds. The standard InChI is InChI=1S/C14H16ClNO6/c15-12(19)9-10(17)14(21,11(18)13(20)22-9)7-5-16-8-4-2-1-3-6(7)8/h1-5,9-13,16-21H/t9-,10-,11-,12?,13?,14-/m0/s1. The fourth-order valence-corrected chi connectivity index (χ4v) is 3.09. The van der Waals surface area contributed by atoms with Crippen LogP contribution in [0.3, 0.4) is 0 Å². The average Bonchev–Trinajstić information content (AvgIpc) is 2.93. The number of benzene rings is 1. The topological polar surface area (TPSA) is 126 Å². The fraction of sp³-hybridized carbons (Fsp3) is 0.429. The number of aliphatic hydroxyl groups excluding tert-OH is 4. The Hall–Kier alpha value is -1.19. The zero-order valence-corrected chi connectivity index (χ0v) is 12.1. The van der Waals surface area contributed by atoms with Gasteiger partial charge >= 0.3 is 0 Å². The van der Waals surface area contributed by atoms with E-state index in [4.69, 9.17) is 16.3 Å². The van der Waals surface area contributed by atoms with Gasteiger partial charge in [-0.05, 0) is 6.07 Å². The number of hydrogen-bond acceptors (Lipinski definition) is 6. The summed E-state index contributed by atoms with van der Waals surface area (Å²) in [5.74, 6) is 0. The van der Waals surface area contributed by atoms with E-state index in [0.717, 1.165) is 0 Å². The summed E-state index contributed by atoms with van der Waals surface area (Å²) in [4.78, 5) is 2.91. The molecule has 3 rings (SSSR count). The largest absolute Gasteiger partial charge is 0.387 e. The van der Waals surface area contributed by atoms with Gasteiger partial charge in [0, 0.05) is 22.7 Å². The summed E-state index contributed by atoms with van der Waals surface area (Å²) in [6, 6.07) is 6.95. The van der Waals surface area contributed by atoms with Gasteiger partial charge in [0.1, 0.15) is 18.3 Å². The van der Waals surface area contributed by atoms with Crippen LogP contribution in [0.2, 0.25) is 0 Å². The van der Waals surface area contributed by atoms with Crippen molar-refractivity contribution in [2.45, 2.75) is 35.8 Å². The van der Waals surface area contributed by atoms with Gasteiger partial charge in [0.15, 0.2) is 17.5 Å². The van der Waals surface area contributed by atoms with Crippen molar-refractivity contribution in [3.8, 4) is 0 Å². The molecule has 1 saturated heterocycles. The molecule has 1 aliphatic rings. The lowest BCUT2D eigenvalue weighted by molar-refractivity contribution is -0.329. The first kappa shape index (κ1) is 15.7. The minimum Gasteiger partial charge on any atom is -0.387 e. The van der Waals surface area contributed by atoms with Crippen LogP contribution in [-0.2, 0) is 10.3 Å². The molecule has 0 spiro atoms. The number of ether oxygens (including phenoxy) is 1. The van der Waals surface area contributed by atoms with Gasteiger partial charge in [0.2, 0.25) is 0 Å². The first-order chi connectivity index (χ1) is 10.4. The van der Waals surface area contributed by atoms with E-state index in [-0.39, 0.29) is 5.56 Å². The van der Waals surface area contributed by atoms with Crippen molar-refractivity contribution in [1.82, 2.24) is 4.98 Å². The molecule has 1 aliphatic heterocycles. The van der Waals surface area contributed by atoms with Crippen molar-refractivity contribution in [2.24, 2.45) is 0 Å². The van der Waals surface area contributed by atoms with Crippen molar-refractivity contribution in [1.29, 1.82) is 0 Å². The van der Waals surface area contributed by atoms with Crippen LogP contribution < -0.4 is 0 Å². The van der Waals surface area contributed by atoms with Crippen LogP contribution in [0, 0.1) is 0 Å². The predicted octanol–water partition coefficient (Wildman–Crippen LogP) is -0.648. The number of para-hydroxylation sites is 1. The van der Waals surface area contributed by atoms with Gasteiger partial charge in [-0.2, -0.15) is 0 Å². The van der Waals surface area contributed by atoms with Crippen molar-refractivity contribution >= 4 is 22.5 Å². The maximum Gasteiger partial charge on any atom is 0.184 e. The number of hydrogen-bond donors (Lipinski definition) is 6. The van der Waals surface area contributed by atoms with E-state index in [2.05, 4.69) is 4.98 Å². The average molecular weight is 330 g/mol. The highest BCUT2D eigenvalue weighted by Gasteiger charge is 2.57. The lowest BCUT2D eigenvalue weighted by Gasteiger charge is -2.47. The summed E-state index contributed by atoms with van der Waals surface area (Å²) in [6.07, 6.45) is -5.45. The molecule has 6 atom stereocenters. The van der Waals surface area contributed by atoms with Gasteiger partial charge in [-0.1, -0.05) is 29.8 Å². The van der Waals surface area contributed by atoms with Crippen LogP contribution >= 0.6 is 11.6 Å². The molecule has 1 aromatic heterocycles. The van der Waals surface area contributed by atoms with E-state index in [9.17, 15) is 25.5 Å². The Morgan fingerprint density at radius 2 is 1.86 bits per heavy atom. The second-order valence-electron chi connectivity index (χ2n) is 5.33. The molecule has 120 valence electrons. The second-order valence-corrected chi connectivity index (χ2v) is 5.77. The summed E-state index contributed by atoms with van der Waals surface area (Å²) in [5, 5.41) is 51.3. The Kier molecular flexibility index (Phi) is 3.90. The van der Waals surface area contributed by atoms with E-state index in [0.29, 0.717) is 10.9 Å². The molecule has 1 aromatic carbocycles. The Bertz CT molecular complexity index is 676. The first-order valence-corrected chi connectivity index (χ1v) is 7.11. The molecule has 2 unspecified atom stereocenters. The van der Waals surface area contributed by atoms with Crippen molar-refractivity contribution in [3.05, 3.63) is 36.0 Å². The number of aromatic nitrogens is 1. The van der Waals surface area contributed by atoms with Crippen LogP contribution in [0.1, 0.15) is 5.56 Å². The van der Waals surface area contributed by atoms with Gasteiger partial charge in [-0.15, -0.1) is 0 Å². The minimum atomic E-state index is -2.27. The van der Waals surface area contributed by atoms with Crippen LogP contribution in [-0.4, -0.2) is 60.7 Å². The Balaban J connectivity index is 2.15. The number of halogens is 1. The van der Waals surface area contributed by atoms with Gasteiger partial charge in [-0.3, -0.25) is 0 Å². The molecule has 6 N–H and O–H groups in total. The number of rotatable bonds is 2. The summed E-state index contributed by atoms with van der Waals surface area (Å²) in [6.45, 7) is 0. The molecule has 0 saturated carbocycles. The minimum absolute atomic E-state index is 0.174. The SMILES string of the molecule is OC(Cl)[C@H]1OC(O)[C@H](O)[C@](O)(c2c[nH]c3ccccc23)[C@H]1O.